The lowest BCUT2D eigenvalue weighted by molar-refractivity contribution is -0.150. The van der Waals surface area contributed by atoms with Gasteiger partial charge in [0, 0.05) is 32.5 Å². The van der Waals surface area contributed by atoms with Crippen LogP contribution in [0.4, 0.5) is 26.7 Å². The Bertz CT molecular complexity index is 1510. The maximum atomic E-state index is 14.0. The van der Waals surface area contributed by atoms with Gasteiger partial charge in [0.2, 0.25) is 5.92 Å². The number of amides is 3. The number of methoxy groups -OCH3 is 1. The summed E-state index contributed by atoms with van der Waals surface area (Å²) in [6.45, 7) is -0.419. The van der Waals surface area contributed by atoms with Crippen LogP contribution in [0, 0.1) is 5.92 Å². The van der Waals surface area contributed by atoms with Gasteiger partial charge in [0.1, 0.15) is 11.7 Å². The molecular weight excluding hydrogens is 595 g/mol. The highest BCUT2D eigenvalue weighted by atomic mass is 19.4. The Morgan fingerprint density at radius 1 is 1.23 bits per heavy atom. The summed E-state index contributed by atoms with van der Waals surface area (Å²) < 4.78 is 79.6. The third kappa shape index (κ3) is 6.19. The molecule has 3 aromatic heterocycles. The lowest BCUT2D eigenvalue weighted by atomic mass is 9.81. The minimum absolute atomic E-state index is 0.0462. The fourth-order valence-corrected chi connectivity index (χ4v) is 6.00. The van der Waals surface area contributed by atoms with Gasteiger partial charge >= 0.3 is 12.2 Å². The Morgan fingerprint density at radius 3 is 2.64 bits per heavy atom. The number of carbonyl (C=O) groups excluding carboxylic acids is 2. The molecule has 0 aromatic carbocycles. The van der Waals surface area contributed by atoms with Crippen molar-refractivity contribution in [2.45, 2.75) is 81.1 Å². The van der Waals surface area contributed by atoms with Gasteiger partial charge in [-0.25, -0.2) is 27.7 Å². The first-order chi connectivity index (χ1) is 20.9. The Labute approximate surface area is 247 Å². The topological polar surface area (TPSA) is 140 Å². The van der Waals surface area contributed by atoms with E-state index in [1.165, 1.54) is 17.8 Å². The number of hydrogen-bond acceptors (Lipinski definition) is 8. The first-order valence-electron chi connectivity index (χ1n) is 14.4. The van der Waals surface area contributed by atoms with Gasteiger partial charge in [0.15, 0.2) is 11.3 Å². The molecule has 17 heteroatoms. The van der Waals surface area contributed by atoms with Crippen LogP contribution in [-0.2, 0) is 4.74 Å². The van der Waals surface area contributed by atoms with Crippen molar-refractivity contribution in [3.63, 3.8) is 0 Å². The third-order valence-corrected chi connectivity index (χ3v) is 8.58. The molecule has 1 unspecified atom stereocenters. The average molecular weight is 627 g/mol. The van der Waals surface area contributed by atoms with Crippen LogP contribution >= 0.6 is 0 Å². The highest BCUT2D eigenvalue weighted by Gasteiger charge is 2.48. The highest BCUT2D eigenvalue weighted by Crippen LogP contribution is 2.43. The van der Waals surface area contributed by atoms with E-state index in [0.717, 1.165) is 17.7 Å². The van der Waals surface area contributed by atoms with E-state index >= 15 is 0 Å². The normalized spacial score (nSPS) is 22.3. The molecule has 2 N–H and O–H groups in total. The number of ether oxygens (including phenoxy) is 1. The third-order valence-electron chi connectivity index (χ3n) is 8.58. The second kappa shape index (κ2) is 11.6. The summed E-state index contributed by atoms with van der Waals surface area (Å²) in [5.41, 5.74) is 1.61. The van der Waals surface area contributed by atoms with Gasteiger partial charge < -0.3 is 20.3 Å². The highest BCUT2D eigenvalue weighted by molar-refractivity contribution is 5.93. The molecule has 0 spiro atoms. The molecule has 3 atom stereocenters. The van der Waals surface area contributed by atoms with E-state index in [4.69, 9.17) is 9.37 Å². The van der Waals surface area contributed by atoms with Gasteiger partial charge in [0.05, 0.1) is 36.7 Å². The molecule has 2 saturated carbocycles. The van der Waals surface area contributed by atoms with E-state index < -0.39 is 48.7 Å². The molecule has 4 heterocycles. The molecule has 3 amide bonds. The molecule has 1 aliphatic heterocycles. The van der Waals surface area contributed by atoms with Crippen LogP contribution in [0.3, 0.4) is 0 Å². The Hall–Kier alpha value is -3.89. The smallest absolute Gasteiger partial charge is 0.385 e. The Balaban J connectivity index is 1.30. The van der Waals surface area contributed by atoms with Crippen LogP contribution in [0.2, 0.25) is 0 Å². The molecule has 2 aliphatic carbocycles. The largest absolute Gasteiger partial charge is 0.410 e. The minimum atomic E-state index is -4.61. The van der Waals surface area contributed by atoms with E-state index in [2.05, 4.69) is 25.7 Å². The number of urea groups is 1. The maximum absolute atomic E-state index is 14.0. The first kappa shape index (κ1) is 30.1. The number of nitrogens with one attached hydrogen (secondary N) is 2. The van der Waals surface area contributed by atoms with Crippen LogP contribution in [0.15, 0.2) is 23.1 Å². The van der Waals surface area contributed by atoms with Gasteiger partial charge in [-0.2, -0.15) is 18.3 Å². The molecule has 44 heavy (non-hydrogen) atoms. The molecule has 3 aliphatic rings. The summed E-state index contributed by atoms with van der Waals surface area (Å²) in [6.07, 6.45) is -0.0790. The molecule has 3 aromatic rings. The molecule has 6 rings (SSSR count). The van der Waals surface area contributed by atoms with Crippen LogP contribution < -0.4 is 10.6 Å². The predicted molar refractivity (Wildman–Crippen MR) is 141 cm³/mol. The molecule has 0 radical (unpaired) electrons. The summed E-state index contributed by atoms with van der Waals surface area (Å²) in [4.78, 5) is 31.7. The number of carbonyl (C=O) groups is 2. The quantitative estimate of drug-likeness (QED) is 0.317. The molecule has 1 saturated heterocycles. The summed E-state index contributed by atoms with van der Waals surface area (Å²) in [7, 11) is 1.44. The number of nitrogens with zero attached hydrogens (tertiary/aromatic N) is 6. The van der Waals surface area contributed by atoms with E-state index in [1.54, 1.807) is 12.3 Å². The number of halogens is 5. The number of aromatic nitrogens is 5. The Morgan fingerprint density at radius 2 is 1.98 bits per heavy atom. The molecule has 3 fully saturated rings. The number of imidazole rings is 1. The van der Waals surface area contributed by atoms with E-state index in [9.17, 15) is 31.5 Å². The van der Waals surface area contributed by atoms with Gasteiger partial charge in [0.25, 0.3) is 5.91 Å². The zero-order valence-electron chi connectivity index (χ0n) is 23.7. The number of rotatable bonds is 10. The lowest BCUT2D eigenvalue weighted by Crippen LogP contribution is -2.40. The summed E-state index contributed by atoms with van der Waals surface area (Å²) in [5.74, 6) is -3.63. The second-order valence-electron chi connectivity index (χ2n) is 11.7. The van der Waals surface area contributed by atoms with Crippen molar-refractivity contribution in [2.24, 2.45) is 5.92 Å². The van der Waals surface area contributed by atoms with Crippen LogP contribution in [0.25, 0.3) is 5.65 Å². The second-order valence-corrected chi connectivity index (χ2v) is 11.7. The first-order valence-corrected chi connectivity index (χ1v) is 14.4. The fourth-order valence-electron chi connectivity index (χ4n) is 6.00. The maximum Gasteiger partial charge on any atom is 0.410 e. The lowest BCUT2D eigenvalue weighted by Gasteiger charge is -2.33. The molecule has 238 valence electrons. The SMILES string of the molecule is COCCC(c1cnn2cc([C@@H](NC(=O)c3nonc3C3CC3)C3CCC(F)(F)CC3)nc2c1)N1C[C@@H](C(F)(F)F)NC1=O. The van der Waals surface area contributed by atoms with Gasteiger partial charge in [-0.3, -0.25) is 4.79 Å². The zero-order valence-corrected chi connectivity index (χ0v) is 23.7. The van der Waals surface area contributed by atoms with Crippen molar-refractivity contribution >= 4 is 17.6 Å². The molecule has 12 nitrogen and oxygen atoms in total. The van der Waals surface area contributed by atoms with E-state index in [1.807, 2.05) is 5.32 Å². The number of alkyl halides is 5. The number of hydrogen-bond donors (Lipinski definition) is 2. The van der Waals surface area contributed by atoms with Crippen molar-refractivity contribution in [2.75, 3.05) is 20.3 Å². The number of fused-ring (bicyclic) bond motifs is 1. The van der Waals surface area contributed by atoms with Crippen molar-refractivity contribution in [3.8, 4) is 0 Å². The van der Waals surface area contributed by atoms with Crippen molar-refractivity contribution in [1.82, 2.24) is 40.4 Å². The zero-order chi connectivity index (χ0) is 31.2. The van der Waals surface area contributed by atoms with Crippen LogP contribution in [0.5, 0.6) is 0 Å². The van der Waals surface area contributed by atoms with Gasteiger partial charge in [-0.15, -0.1) is 0 Å². The van der Waals surface area contributed by atoms with Crippen molar-refractivity contribution in [3.05, 3.63) is 41.1 Å². The summed E-state index contributed by atoms with van der Waals surface area (Å²) in [5, 5.41) is 16.9. The standard InChI is InChI=1S/C27H31F5N8O4/c1-43-9-6-18(39-13-19(27(30,31)32)35-25(39)42)16-10-20-34-17(12-40(20)33-11-16)21(15-4-7-26(28,29)8-5-15)36-24(41)23-22(14-2-3-14)37-44-38-23/h10-12,14-15,18-19,21H,2-9,13H2,1H3,(H,35,42)(H,36,41)/t18?,19-,21-/m0/s1. The van der Waals surface area contributed by atoms with Crippen LogP contribution in [-0.4, -0.2) is 80.2 Å². The summed E-state index contributed by atoms with van der Waals surface area (Å²) in [6, 6.07) is -2.83. The van der Waals surface area contributed by atoms with Gasteiger partial charge in [-0.1, -0.05) is 5.16 Å². The monoisotopic (exact) mass is 626 g/mol. The van der Waals surface area contributed by atoms with E-state index in [0.29, 0.717) is 22.6 Å². The fraction of sp³-hybridized carbons (Fsp3) is 0.630. The van der Waals surface area contributed by atoms with Crippen molar-refractivity contribution < 1.29 is 40.9 Å². The van der Waals surface area contributed by atoms with Gasteiger partial charge in [-0.05, 0) is 54.8 Å². The average Bonchev–Trinajstić information content (AvgIpc) is 3.35. The summed E-state index contributed by atoms with van der Waals surface area (Å²) >= 11 is 0. The van der Waals surface area contributed by atoms with Crippen molar-refractivity contribution in [1.29, 1.82) is 0 Å². The molecular formula is C27H31F5N8O4. The minimum Gasteiger partial charge on any atom is -0.385 e. The van der Waals surface area contributed by atoms with E-state index in [-0.39, 0.29) is 56.2 Å². The Kier molecular flexibility index (Phi) is 7.92. The van der Waals surface area contributed by atoms with Crippen LogP contribution in [0.1, 0.15) is 90.4 Å². The predicted octanol–water partition coefficient (Wildman–Crippen LogP) is 4.32. The molecule has 0 bridgehead atoms.